The first-order chi connectivity index (χ1) is 12.8. The first-order valence-electron chi connectivity index (χ1n) is 8.37. The third kappa shape index (κ3) is 5.50. The van der Waals surface area contributed by atoms with Crippen molar-refractivity contribution in [2.45, 2.75) is 18.7 Å². The molecule has 0 atom stereocenters. The Hall–Kier alpha value is -1.97. The SMILES string of the molecule is CCN(CC)S(=O)(=O)c1ccc(NC(=O)CNc2ccc(Br)cc2F)cc1. The fourth-order valence-corrected chi connectivity index (χ4v) is 4.23. The summed E-state index contributed by atoms with van der Waals surface area (Å²) in [4.78, 5) is 12.2. The Bertz CT molecular complexity index is 901. The second kappa shape index (κ2) is 9.29. The van der Waals surface area contributed by atoms with E-state index in [0.29, 0.717) is 23.2 Å². The number of nitrogens with one attached hydrogen (secondary N) is 2. The molecule has 0 unspecified atom stereocenters. The molecular weight excluding hydrogens is 437 g/mol. The average molecular weight is 458 g/mol. The van der Waals surface area contributed by atoms with Crippen LogP contribution in [0.3, 0.4) is 0 Å². The van der Waals surface area contributed by atoms with Gasteiger partial charge in [-0.2, -0.15) is 4.31 Å². The number of halogens is 2. The lowest BCUT2D eigenvalue weighted by Gasteiger charge is -2.18. The highest BCUT2D eigenvalue weighted by atomic mass is 79.9. The Morgan fingerprint density at radius 1 is 1.11 bits per heavy atom. The first-order valence-corrected chi connectivity index (χ1v) is 10.6. The largest absolute Gasteiger partial charge is 0.374 e. The van der Waals surface area contributed by atoms with Crippen LogP contribution in [0.1, 0.15) is 13.8 Å². The van der Waals surface area contributed by atoms with E-state index in [1.165, 1.54) is 40.7 Å². The lowest BCUT2D eigenvalue weighted by atomic mass is 10.3. The van der Waals surface area contributed by atoms with Crippen molar-refractivity contribution in [3.8, 4) is 0 Å². The predicted octanol–water partition coefficient (Wildman–Crippen LogP) is 3.67. The van der Waals surface area contributed by atoms with Gasteiger partial charge in [0.2, 0.25) is 15.9 Å². The molecule has 6 nitrogen and oxygen atoms in total. The van der Waals surface area contributed by atoms with Crippen molar-refractivity contribution >= 4 is 43.2 Å². The predicted molar refractivity (Wildman–Crippen MR) is 108 cm³/mol. The van der Waals surface area contributed by atoms with Crippen molar-refractivity contribution in [3.05, 3.63) is 52.8 Å². The summed E-state index contributed by atoms with van der Waals surface area (Å²) in [7, 11) is -3.54. The molecule has 1 amide bonds. The molecular formula is C18H21BrFN3O3S. The molecule has 0 aromatic heterocycles. The molecule has 9 heteroatoms. The van der Waals surface area contributed by atoms with E-state index in [4.69, 9.17) is 0 Å². The lowest BCUT2D eigenvalue weighted by Crippen LogP contribution is -2.30. The lowest BCUT2D eigenvalue weighted by molar-refractivity contribution is -0.114. The van der Waals surface area contributed by atoms with Crippen molar-refractivity contribution in [2.75, 3.05) is 30.3 Å². The van der Waals surface area contributed by atoms with E-state index < -0.39 is 15.8 Å². The Morgan fingerprint density at radius 3 is 2.30 bits per heavy atom. The van der Waals surface area contributed by atoms with Gasteiger partial charge in [-0.05, 0) is 42.5 Å². The molecule has 146 valence electrons. The van der Waals surface area contributed by atoms with Crippen molar-refractivity contribution in [1.29, 1.82) is 0 Å². The van der Waals surface area contributed by atoms with Gasteiger partial charge < -0.3 is 10.6 Å². The van der Waals surface area contributed by atoms with E-state index in [9.17, 15) is 17.6 Å². The van der Waals surface area contributed by atoms with Crippen LogP contribution in [-0.2, 0) is 14.8 Å². The molecule has 0 fully saturated rings. The van der Waals surface area contributed by atoms with Gasteiger partial charge >= 0.3 is 0 Å². The summed E-state index contributed by atoms with van der Waals surface area (Å²) in [5, 5.41) is 5.35. The number of anilines is 2. The van der Waals surface area contributed by atoms with Crippen LogP contribution >= 0.6 is 15.9 Å². The monoisotopic (exact) mass is 457 g/mol. The van der Waals surface area contributed by atoms with E-state index in [1.807, 2.05) is 0 Å². The quantitative estimate of drug-likeness (QED) is 0.633. The van der Waals surface area contributed by atoms with E-state index in [2.05, 4.69) is 26.6 Å². The van der Waals surface area contributed by atoms with Gasteiger partial charge in [0.1, 0.15) is 5.82 Å². The zero-order chi connectivity index (χ0) is 20.0. The van der Waals surface area contributed by atoms with Crippen LogP contribution in [0.25, 0.3) is 0 Å². The Balaban J connectivity index is 1.98. The maximum atomic E-state index is 13.7. The Labute approximate surface area is 166 Å². The Kier molecular flexibility index (Phi) is 7.34. The topological polar surface area (TPSA) is 78.5 Å². The molecule has 0 heterocycles. The smallest absolute Gasteiger partial charge is 0.243 e. The Morgan fingerprint density at radius 2 is 1.74 bits per heavy atom. The van der Waals surface area contributed by atoms with Gasteiger partial charge in [0.15, 0.2) is 0 Å². The van der Waals surface area contributed by atoms with Crippen molar-refractivity contribution < 1.29 is 17.6 Å². The van der Waals surface area contributed by atoms with Crippen LogP contribution < -0.4 is 10.6 Å². The van der Waals surface area contributed by atoms with Gasteiger partial charge in [0.25, 0.3) is 0 Å². The number of amides is 1. The highest BCUT2D eigenvalue weighted by Crippen LogP contribution is 2.20. The highest BCUT2D eigenvalue weighted by molar-refractivity contribution is 9.10. The van der Waals surface area contributed by atoms with Gasteiger partial charge in [-0.3, -0.25) is 4.79 Å². The number of hydrogen-bond donors (Lipinski definition) is 2. The first kappa shape index (κ1) is 21.3. The number of sulfonamides is 1. The zero-order valence-electron chi connectivity index (χ0n) is 15.0. The molecule has 0 aliphatic rings. The highest BCUT2D eigenvalue weighted by Gasteiger charge is 2.21. The molecule has 2 N–H and O–H groups in total. The van der Waals surface area contributed by atoms with Crippen LogP contribution in [0.2, 0.25) is 0 Å². The minimum Gasteiger partial charge on any atom is -0.374 e. The van der Waals surface area contributed by atoms with Gasteiger partial charge in [-0.1, -0.05) is 29.8 Å². The molecule has 0 spiro atoms. The van der Waals surface area contributed by atoms with E-state index in [1.54, 1.807) is 19.9 Å². The molecule has 0 aliphatic carbocycles. The molecule has 2 aromatic rings. The summed E-state index contributed by atoms with van der Waals surface area (Å²) in [6.45, 7) is 4.19. The second-order valence-electron chi connectivity index (χ2n) is 5.64. The minimum absolute atomic E-state index is 0.127. The maximum Gasteiger partial charge on any atom is 0.243 e. The van der Waals surface area contributed by atoms with Crippen LogP contribution in [0, 0.1) is 5.82 Å². The van der Waals surface area contributed by atoms with Gasteiger partial charge in [0, 0.05) is 23.2 Å². The molecule has 0 saturated carbocycles. The molecule has 0 saturated heterocycles. The number of carbonyl (C=O) groups excluding carboxylic acids is 1. The van der Waals surface area contributed by atoms with E-state index in [0.717, 1.165) is 0 Å². The normalized spacial score (nSPS) is 11.4. The van der Waals surface area contributed by atoms with Crippen LogP contribution in [-0.4, -0.2) is 38.3 Å². The fraction of sp³-hybridized carbons (Fsp3) is 0.278. The van der Waals surface area contributed by atoms with Crippen LogP contribution in [0.5, 0.6) is 0 Å². The molecule has 0 radical (unpaired) electrons. The number of benzene rings is 2. The van der Waals surface area contributed by atoms with E-state index in [-0.39, 0.29) is 23.0 Å². The van der Waals surface area contributed by atoms with Gasteiger partial charge in [-0.15, -0.1) is 0 Å². The van der Waals surface area contributed by atoms with Crippen molar-refractivity contribution in [2.24, 2.45) is 0 Å². The van der Waals surface area contributed by atoms with E-state index >= 15 is 0 Å². The summed E-state index contributed by atoms with van der Waals surface area (Å²) in [5.41, 5.74) is 0.672. The standard InChI is InChI=1S/C18H21BrFN3O3S/c1-3-23(4-2)27(25,26)15-8-6-14(7-9-15)22-18(24)12-21-17-10-5-13(19)11-16(17)20/h5-11,21H,3-4,12H2,1-2H3,(H,22,24). The number of rotatable bonds is 8. The molecule has 27 heavy (non-hydrogen) atoms. The second-order valence-corrected chi connectivity index (χ2v) is 8.49. The number of nitrogens with zero attached hydrogens (tertiary/aromatic N) is 1. The summed E-state index contributed by atoms with van der Waals surface area (Å²) in [5.74, 6) is -0.847. The molecule has 2 aromatic carbocycles. The van der Waals surface area contributed by atoms with Crippen molar-refractivity contribution in [1.82, 2.24) is 4.31 Å². The average Bonchev–Trinajstić information content (AvgIpc) is 2.62. The zero-order valence-corrected chi connectivity index (χ0v) is 17.4. The summed E-state index contributed by atoms with van der Waals surface area (Å²) in [6.07, 6.45) is 0. The molecule has 0 aliphatic heterocycles. The summed E-state index contributed by atoms with van der Waals surface area (Å²) in [6, 6.07) is 10.4. The van der Waals surface area contributed by atoms with Crippen molar-refractivity contribution in [3.63, 3.8) is 0 Å². The molecule has 0 bridgehead atoms. The van der Waals surface area contributed by atoms with Gasteiger partial charge in [-0.25, -0.2) is 12.8 Å². The number of hydrogen-bond acceptors (Lipinski definition) is 4. The van der Waals surface area contributed by atoms with Crippen LogP contribution in [0.4, 0.5) is 15.8 Å². The summed E-state index contributed by atoms with van der Waals surface area (Å²) >= 11 is 3.17. The minimum atomic E-state index is -3.54. The van der Waals surface area contributed by atoms with Gasteiger partial charge in [0.05, 0.1) is 17.1 Å². The maximum absolute atomic E-state index is 13.7. The third-order valence-corrected chi connectivity index (χ3v) is 6.41. The number of carbonyl (C=O) groups is 1. The molecule has 2 rings (SSSR count). The fourth-order valence-electron chi connectivity index (χ4n) is 2.44. The summed E-state index contributed by atoms with van der Waals surface area (Å²) < 4.78 is 40.6. The third-order valence-electron chi connectivity index (χ3n) is 3.85. The van der Waals surface area contributed by atoms with Crippen LogP contribution in [0.15, 0.2) is 51.8 Å².